The summed E-state index contributed by atoms with van der Waals surface area (Å²) in [4.78, 5) is 9.08. The van der Waals surface area contributed by atoms with Gasteiger partial charge in [0.15, 0.2) is 0 Å². The van der Waals surface area contributed by atoms with E-state index in [1.54, 1.807) is 6.07 Å². The van der Waals surface area contributed by atoms with Gasteiger partial charge in [0.2, 0.25) is 0 Å². The molecule has 0 saturated heterocycles. The molecule has 10 rings (SSSR count). The van der Waals surface area contributed by atoms with Gasteiger partial charge in [0, 0.05) is 42.5 Å². The van der Waals surface area contributed by atoms with E-state index in [1.807, 2.05) is 61.8 Å². The summed E-state index contributed by atoms with van der Waals surface area (Å²) >= 11 is 0. The molecule has 0 aliphatic carbocycles. The van der Waals surface area contributed by atoms with Gasteiger partial charge >= 0.3 is 70.5 Å². The van der Waals surface area contributed by atoms with Crippen molar-refractivity contribution >= 4 is 50.1 Å². The Hall–Kier alpha value is -8.87. The standard InChI is InChI=1S/C32H12BF24.C20H14N4.C8H9.C2H3N.Pt/c34-25(35,36)13-1-14(26(37,38)39)6-21(5-13)33(22-7-15(27(40,41)42)2-16(8-22)28(43,44)45,23-9-17(29(46,47)48)3-18(10-23)30(49,50)51)24-11-19(31(52,53)54)4-20(12-24)32(55,56)57;1-2-8-18(24-14-10-16-6-4-12-22-20(16)24)17(7-1)23-13-9-15-5-3-11-21-19(15)23;1-2-8-6-4-3-5-7-8;1-2-3;/h1-12H;1-14H;2-7H,1H3;1H3;/q-1;;-1;;+2. The van der Waals surface area contributed by atoms with Crippen molar-refractivity contribution in [3.63, 3.8) is 0 Å². The van der Waals surface area contributed by atoms with Crippen molar-refractivity contribution in [1.29, 1.82) is 5.26 Å². The zero-order valence-electron chi connectivity index (χ0n) is 46.7. The molecular formula is C62H38BF24N5Pt. The van der Waals surface area contributed by atoms with Gasteiger partial charge in [0.25, 0.3) is 0 Å². The average Bonchev–Trinajstić information content (AvgIpc) is 1.22. The van der Waals surface area contributed by atoms with Gasteiger partial charge in [0.05, 0.1) is 62.0 Å². The molecule has 0 amide bonds. The minimum Gasteiger partial charge on any atom is -0.299 e. The quantitative estimate of drug-likeness (QED) is 0.0908. The van der Waals surface area contributed by atoms with Gasteiger partial charge in [-0.2, -0.15) is 157 Å². The molecule has 31 heteroatoms. The summed E-state index contributed by atoms with van der Waals surface area (Å²) in [6.45, 7) is 3.47. The average molecular weight is 1510 g/mol. The molecule has 0 fully saturated rings. The van der Waals surface area contributed by atoms with Crippen molar-refractivity contribution in [2.45, 2.75) is 63.3 Å². The Morgan fingerprint density at radius 2 is 0.591 bits per heavy atom. The third-order valence-electron chi connectivity index (χ3n) is 13.9. The van der Waals surface area contributed by atoms with Crippen molar-refractivity contribution in [2.75, 3.05) is 0 Å². The Balaban J connectivity index is 0.000000306. The topological polar surface area (TPSA) is 59.4 Å². The third-order valence-corrected chi connectivity index (χ3v) is 13.9. The maximum Gasteiger partial charge on any atom is 2.00 e. The summed E-state index contributed by atoms with van der Waals surface area (Å²) in [5.74, 6) is 0. The van der Waals surface area contributed by atoms with Crippen molar-refractivity contribution < 1.29 is 126 Å². The summed E-state index contributed by atoms with van der Waals surface area (Å²) < 4.78 is 345. The predicted octanol–water partition coefficient (Wildman–Crippen LogP) is 18.4. The molecule has 0 aliphatic rings. The minimum atomic E-state index is -6.13. The van der Waals surface area contributed by atoms with E-state index in [2.05, 4.69) is 86.4 Å². The second-order valence-corrected chi connectivity index (χ2v) is 19.8. The smallest absolute Gasteiger partial charge is 0.299 e. The Kier molecular flexibility index (Phi) is 21.5. The fourth-order valence-corrected chi connectivity index (χ4v) is 9.91. The summed E-state index contributed by atoms with van der Waals surface area (Å²) in [5.41, 5.74) is -24.9. The van der Waals surface area contributed by atoms with Crippen LogP contribution < -0.4 is 21.9 Å². The predicted molar refractivity (Wildman–Crippen MR) is 293 cm³/mol. The number of hydrogen-bond donors (Lipinski definition) is 0. The number of pyridine rings is 2. The molecule has 0 radical (unpaired) electrons. The van der Waals surface area contributed by atoms with E-state index in [-0.39, 0.29) is 21.1 Å². The van der Waals surface area contributed by atoms with Gasteiger partial charge in [-0.05, 0) is 72.8 Å². The van der Waals surface area contributed by atoms with Gasteiger partial charge in [-0.25, -0.2) is 9.97 Å². The molecule has 0 atom stereocenters. The maximum atomic E-state index is 14.2. The van der Waals surface area contributed by atoms with Gasteiger partial charge in [0.1, 0.15) is 17.4 Å². The van der Waals surface area contributed by atoms with Crippen LogP contribution in [0.3, 0.4) is 0 Å². The van der Waals surface area contributed by atoms with E-state index in [0.717, 1.165) is 33.4 Å². The van der Waals surface area contributed by atoms with Crippen LogP contribution in [-0.4, -0.2) is 25.2 Å². The Morgan fingerprint density at radius 1 is 0.355 bits per heavy atom. The Labute approximate surface area is 524 Å². The summed E-state index contributed by atoms with van der Waals surface area (Å²) in [6, 6.07) is 23.8. The molecule has 0 bridgehead atoms. The number of benzene rings is 6. The molecule has 0 saturated carbocycles. The van der Waals surface area contributed by atoms with Gasteiger partial charge in [-0.3, -0.25) is 9.13 Å². The molecule has 93 heavy (non-hydrogen) atoms. The van der Waals surface area contributed by atoms with Crippen LogP contribution >= 0.6 is 0 Å². The van der Waals surface area contributed by atoms with Gasteiger partial charge in [-0.1, -0.05) is 73.7 Å². The van der Waals surface area contributed by atoms with Crippen LogP contribution in [-0.2, 0) is 70.5 Å². The van der Waals surface area contributed by atoms with Crippen LogP contribution in [0.4, 0.5) is 105 Å². The monoisotopic (exact) mass is 1510 g/mol. The van der Waals surface area contributed by atoms with Crippen molar-refractivity contribution in [2.24, 2.45) is 0 Å². The first-order chi connectivity index (χ1) is 42.5. The number of fused-ring (bicyclic) bond motifs is 2. The minimum absolute atomic E-state index is 0. The van der Waals surface area contributed by atoms with Crippen LogP contribution in [0.1, 0.15) is 63.9 Å². The van der Waals surface area contributed by atoms with Crippen molar-refractivity contribution in [3.8, 4) is 17.4 Å². The van der Waals surface area contributed by atoms with Crippen LogP contribution in [0.5, 0.6) is 0 Å². The fraction of sp³-hybridized carbons (Fsp3) is 0.161. The number of alkyl halides is 24. The maximum absolute atomic E-state index is 14.2. The Morgan fingerprint density at radius 3 is 0.806 bits per heavy atom. The summed E-state index contributed by atoms with van der Waals surface area (Å²) in [5, 5.41) is 9.57. The summed E-state index contributed by atoms with van der Waals surface area (Å²) in [7, 11) is 0. The van der Waals surface area contributed by atoms with E-state index in [4.69, 9.17) is 5.26 Å². The van der Waals surface area contributed by atoms with E-state index < -0.39 is 195 Å². The molecule has 0 aliphatic heterocycles. The number of rotatable bonds is 7. The molecule has 6 aromatic carbocycles. The van der Waals surface area contributed by atoms with Crippen LogP contribution in [0.2, 0.25) is 0 Å². The number of nitriles is 1. The number of halogens is 24. The van der Waals surface area contributed by atoms with E-state index in [1.165, 1.54) is 12.5 Å². The molecule has 0 N–H and O–H groups in total. The molecule has 5 nitrogen and oxygen atoms in total. The van der Waals surface area contributed by atoms with Crippen molar-refractivity contribution in [3.05, 3.63) is 245 Å². The number of aromatic nitrogens is 4. The van der Waals surface area contributed by atoms with E-state index in [0.29, 0.717) is 0 Å². The van der Waals surface area contributed by atoms with Gasteiger partial charge in [-0.15, -0.1) is 12.1 Å². The first-order valence-corrected chi connectivity index (χ1v) is 26.0. The Bertz CT molecular complexity index is 3730. The SMILES string of the molecule is CC#N.C[CH-]c1ccccc1.FC(F)(F)c1cc([B-](c2cc(C(F)(F)F)cc(C(F)(F)F)c2)(c2cc(C(F)(F)F)cc(C(F)(F)F)c2)c2cc(C(F)(F)F)cc(C(F)(F)F)c2)cc(C(F)(F)F)c1.[Pt+2].c1ccc(-n2ccc3cccnc32)c(-n2ccc3cccnc32)c1. The molecule has 4 aromatic heterocycles. The molecule has 0 spiro atoms. The normalized spacial score (nSPS) is 12.5. The fourth-order valence-electron chi connectivity index (χ4n) is 9.91. The molecule has 4 heterocycles. The largest absolute Gasteiger partial charge is 2.00 e. The number of nitrogens with zero attached hydrogens (tertiary/aromatic N) is 5. The number of hydrogen-bond acceptors (Lipinski definition) is 3. The van der Waals surface area contributed by atoms with Crippen LogP contribution in [0.15, 0.2) is 189 Å². The van der Waals surface area contributed by atoms with E-state index in [9.17, 15) is 105 Å². The molecule has 10 aromatic rings. The zero-order chi connectivity index (χ0) is 68.4. The van der Waals surface area contributed by atoms with Gasteiger partial charge < -0.3 is 0 Å². The second kappa shape index (κ2) is 27.4. The summed E-state index contributed by atoms with van der Waals surface area (Å²) in [6.07, 6.45) is -44.9. The second-order valence-electron chi connectivity index (χ2n) is 19.8. The van der Waals surface area contributed by atoms with E-state index >= 15 is 0 Å². The van der Waals surface area contributed by atoms with Crippen molar-refractivity contribution in [1.82, 2.24) is 19.1 Å². The zero-order valence-corrected chi connectivity index (χ0v) is 48.9. The number of para-hydroxylation sites is 2. The molecular weight excluding hydrogens is 1480 g/mol. The van der Waals surface area contributed by atoms with Crippen LogP contribution in [0, 0.1) is 17.8 Å². The first kappa shape index (κ1) is 73.2. The van der Waals surface area contributed by atoms with Crippen LogP contribution in [0.25, 0.3) is 33.4 Å². The first-order valence-electron chi connectivity index (χ1n) is 26.0. The molecule has 0 unspecified atom stereocenters. The third kappa shape index (κ3) is 16.9. The molecule has 492 valence electrons.